The smallest absolute Gasteiger partial charge is 0.248 e. The highest BCUT2D eigenvalue weighted by Crippen LogP contribution is 2.38. The lowest BCUT2D eigenvalue weighted by Crippen LogP contribution is -2.44. The molecule has 6 aliphatic rings. The Balaban J connectivity index is 1.02. The first kappa shape index (κ1) is 26.5. The number of allylic oxidation sites excluding steroid dienone is 1. The van der Waals surface area contributed by atoms with Crippen molar-refractivity contribution in [3.05, 3.63) is 59.2 Å². The maximum absolute atomic E-state index is 15.3. The number of nitrogens with one attached hydrogen (secondary N) is 2. The Morgan fingerprint density at radius 3 is 2.58 bits per heavy atom. The molecule has 10 nitrogen and oxygen atoms in total. The first-order valence-electron chi connectivity index (χ1n) is 15.8. The fourth-order valence-corrected chi connectivity index (χ4v) is 7.43. The number of nitrogens with two attached hydrogens (primary N) is 1. The van der Waals surface area contributed by atoms with Gasteiger partial charge in [-0.15, -0.1) is 5.10 Å². The van der Waals surface area contributed by atoms with Crippen LogP contribution in [0, 0.1) is 5.82 Å². The van der Waals surface area contributed by atoms with E-state index in [1.807, 2.05) is 12.1 Å². The predicted molar refractivity (Wildman–Crippen MR) is 168 cm³/mol. The van der Waals surface area contributed by atoms with Gasteiger partial charge in [0.1, 0.15) is 5.82 Å². The lowest BCUT2D eigenvalue weighted by Gasteiger charge is -2.37. The molecule has 9 rings (SSSR count). The third kappa shape index (κ3) is 4.99. The summed E-state index contributed by atoms with van der Waals surface area (Å²) in [4.78, 5) is 16.6. The lowest BCUT2D eigenvalue weighted by molar-refractivity contribution is 0.207. The second-order valence-electron chi connectivity index (χ2n) is 12.4. The number of likely N-dealkylation sites (tertiary alicyclic amines) is 1. The van der Waals surface area contributed by atoms with Crippen LogP contribution in [0.5, 0.6) is 0 Å². The number of aryl methyl sites for hydroxylation is 1. The molecule has 3 aromatic rings. The number of anilines is 5. The van der Waals surface area contributed by atoms with E-state index in [9.17, 15) is 0 Å². The average Bonchev–Trinajstić information content (AvgIpc) is 3.71. The summed E-state index contributed by atoms with van der Waals surface area (Å²) in [6.45, 7) is 7.08. The second-order valence-corrected chi connectivity index (χ2v) is 12.4. The number of aromatic nitrogens is 4. The van der Waals surface area contributed by atoms with Crippen LogP contribution in [-0.2, 0) is 6.42 Å². The largest absolute Gasteiger partial charge is 0.383 e. The van der Waals surface area contributed by atoms with Gasteiger partial charge in [0.2, 0.25) is 11.9 Å². The highest BCUT2D eigenvalue weighted by atomic mass is 19.1. The molecule has 2 bridgehead atoms. The maximum Gasteiger partial charge on any atom is 0.248 e. The monoisotopic (exact) mass is 582 g/mol. The van der Waals surface area contributed by atoms with Gasteiger partial charge in [0.15, 0.2) is 5.82 Å². The highest BCUT2D eigenvalue weighted by molar-refractivity contribution is 5.84. The van der Waals surface area contributed by atoms with Crippen molar-refractivity contribution < 1.29 is 4.39 Å². The number of nitrogen functional groups attached to an aromatic ring is 1. The van der Waals surface area contributed by atoms with E-state index in [4.69, 9.17) is 10.7 Å². The average molecular weight is 583 g/mol. The first-order chi connectivity index (χ1) is 21.1. The predicted octanol–water partition coefficient (Wildman–Crippen LogP) is 4.54. The van der Waals surface area contributed by atoms with Crippen LogP contribution < -0.4 is 21.3 Å². The number of hydrogen-bond acceptors (Lipinski definition) is 9. The molecule has 0 unspecified atom stereocenters. The minimum Gasteiger partial charge on any atom is -0.383 e. The van der Waals surface area contributed by atoms with Crippen LogP contribution in [0.25, 0.3) is 11.4 Å². The summed E-state index contributed by atoms with van der Waals surface area (Å²) >= 11 is 0. The molecule has 2 aromatic heterocycles. The first-order valence-corrected chi connectivity index (χ1v) is 15.8. The molecule has 0 amide bonds. The Labute approximate surface area is 251 Å². The standard InChI is InChI=1S/C32H39FN10/c33-26-18-22(5-6-28(26)42-16-9-23(10-17-42)41-12-1-2-13-41)36-32-38-31(34)43(39-32)29-19-24(30-27(37-29)4-3-11-35-30)25-20-40-14-7-21(25)8-15-40/h5-7,14,18-19,23,35H,1-4,8-13,15-17,20H2,(H3,34,36,38,39). The van der Waals surface area contributed by atoms with Crippen molar-refractivity contribution >= 4 is 34.5 Å². The Hall–Kier alpha value is -4.12. The number of rotatable bonds is 6. The van der Waals surface area contributed by atoms with Crippen LogP contribution in [0.3, 0.4) is 0 Å². The van der Waals surface area contributed by atoms with E-state index in [2.05, 4.69) is 53.8 Å². The van der Waals surface area contributed by atoms with Crippen LogP contribution in [0.15, 0.2) is 42.1 Å². The normalized spacial score (nSPS) is 20.6. The van der Waals surface area contributed by atoms with E-state index in [1.54, 1.807) is 4.68 Å². The Kier molecular flexibility index (Phi) is 6.69. The third-order valence-corrected chi connectivity index (χ3v) is 9.72. The fraction of sp³-hybridized carbons (Fsp3) is 0.469. The molecule has 11 heteroatoms. The van der Waals surface area contributed by atoms with Crippen molar-refractivity contribution in [3.8, 4) is 5.82 Å². The van der Waals surface area contributed by atoms with Gasteiger partial charge in [0, 0.05) is 50.0 Å². The van der Waals surface area contributed by atoms with Gasteiger partial charge in [-0.05, 0) is 106 Å². The summed E-state index contributed by atoms with van der Waals surface area (Å²) in [5.41, 5.74) is 13.6. The number of fused-ring (bicyclic) bond motifs is 3. The molecule has 8 heterocycles. The van der Waals surface area contributed by atoms with Gasteiger partial charge < -0.3 is 31.1 Å². The zero-order valence-electron chi connectivity index (χ0n) is 24.5. The van der Waals surface area contributed by atoms with Gasteiger partial charge in [-0.3, -0.25) is 0 Å². The van der Waals surface area contributed by atoms with Crippen molar-refractivity contribution in [1.29, 1.82) is 0 Å². The van der Waals surface area contributed by atoms with E-state index in [0.29, 0.717) is 29.2 Å². The SMILES string of the molecule is Nc1nc(Nc2ccc(N3CCC(N4CCCC4)CC3)c(F)c2)nn1-c1cc(C2=C3C=CN(CC3)C2)c2c(n1)CCCN2. The summed E-state index contributed by atoms with van der Waals surface area (Å²) in [7, 11) is 0. The number of nitrogens with zero attached hydrogens (tertiary/aromatic N) is 7. The molecular formula is C32H39FN10. The minimum atomic E-state index is -0.244. The van der Waals surface area contributed by atoms with Gasteiger partial charge >= 0.3 is 0 Å². The molecule has 6 aliphatic heterocycles. The van der Waals surface area contributed by atoms with E-state index < -0.39 is 0 Å². The molecule has 2 saturated heterocycles. The summed E-state index contributed by atoms with van der Waals surface area (Å²) < 4.78 is 16.9. The number of piperidine rings is 1. The van der Waals surface area contributed by atoms with E-state index in [-0.39, 0.29) is 11.8 Å². The van der Waals surface area contributed by atoms with E-state index >= 15 is 4.39 Å². The summed E-state index contributed by atoms with van der Waals surface area (Å²) in [5.74, 6) is 0.937. The quantitative estimate of drug-likeness (QED) is 0.387. The summed E-state index contributed by atoms with van der Waals surface area (Å²) in [5, 5.41) is 11.4. The number of hydrogen-bond donors (Lipinski definition) is 3. The number of benzene rings is 1. The van der Waals surface area contributed by atoms with Crippen LogP contribution in [0.2, 0.25) is 0 Å². The van der Waals surface area contributed by atoms with Gasteiger partial charge in [-0.1, -0.05) is 0 Å². The fourth-order valence-electron chi connectivity index (χ4n) is 7.43. The Morgan fingerprint density at radius 1 is 0.977 bits per heavy atom. The minimum absolute atomic E-state index is 0.231. The van der Waals surface area contributed by atoms with Gasteiger partial charge in [0.25, 0.3) is 0 Å². The second kappa shape index (κ2) is 10.9. The zero-order valence-corrected chi connectivity index (χ0v) is 24.5. The molecule has 4 N–H and O–H groups in total. The molecule has 1 aromatic carbocycles. The molecule has 43 heavy (non-hydrogen) atoms. The molecular weight excluding hydrogens is 543 g/mol. The third-order valence-electron chi connectivity index (χ3n) is 9.72. The maximum atomic E-state index is 15.3. The lowest BCUT2D eigenvalue weighted by atomic mass is 9.89. The van der Waals surface area contributed by atoms with Crippen molar-refractivity contribution in [2.45, 2.75) is 51.0 Å². The molecule has 0 saturated carbocycles. The van der Waals surface area contributed by atoms with Crippen molar-refractivity contribution in [3.63, 3.8) is 0 Å². The van der Waals surface area contributed by atoms with E-state index in [0.717, 1.165) is 81.8 Å². The van der Waals surface area contributed by atoms with Crippen molar-refractivity contribution in [1.82, 2.24) is 29.5 Å². The molecule has 0 aliphatic carbocycles. The molecule has 224 valence electrons. The Morgan fingerprint density at radius 2 is 1.84 bits per heavy atom. The van der Waals surface area contributed by atoms with Gasteiger partial charge in [0.05, 0.1) is 17.1 Å². The summed E-state index contributed by atoms with van der Waals surface area (Å²) in [6.07, 6.45) is 12.2. The highest BCUT2D eigenvalue weighted by Gasteiger charge is 2.29. The van der Waals surface area contributed by atoms with Crippen LogP contribution in [-0.4, -0.2) is 81.4 Å². The van der Waals surface area contributed by atoms with Gasteiger partial charge in [-0.2, -0.15) is 9.67 Å². The van der Waals surface area contributed by atoms with Crippen LogP contribution >= 0.6 is 0 Å². The van der Waals surface area contributed by atoms with Crippen molar-refractivity contribution in [2.24, 2.45) is 0 Å². The zero-order chi connectivity index (χ0) is 28.9. The van der Waals surface area contributed by atoms with Gasteiger partial charge in [-0.25, -0.2) is 9.37 Å². The molecule has 0 radical (unpaired) electrons. The van der Waals surface area contributed by atoms with E-state index in [1.165, 1.54) is 43.1 Å². The molecule has 0 spiro atoms. The molecule has 0 atom stereocenters. The van der Waals surface area contributed by atoms with Crippen molar-refractivity contribution in [2.75, 3.05) is 67.1 Å². The van der Waals surface area contributed by atoms with Crippen LogP contribution in [0.4, 0.5) is 33.3 Å². The number of pyridine rings is 1. The molecule has 2 fully saturated rings. The topological polar surface area (TPSA) is 103 Å². The Bertz CT molecular complexity index is 1600. The summed E-state index contributed by atoms with van der Waals surface area (Å²) in [6, 6.07) is 7.98. The van der Waals surface area contributed by atoms with Crippen LogP contribution in [0.1, 0.15) is 49.8 Å². The number of halogens is 1.